The van der Waals surface area contributed by atoms with Gasteiger partial charge in [-0.3, -0.25) is 9.59 Å². The van der Waals surface area contributed by atoms with Crippen LogP contribution >= 0.6 is 0 Å². The van der Waals surface area contributed by atoms with Gasteiger partial charge in [-0.2, -0.15) is 10.4 Å². The molecule has 1 unspecified atom stereocenters. The van der Waals surface area contributed by atoms with Crippen LogP contribution in [-0.2, 0) is 14.3 Å². The summed E-state index contributed by atoms with van der Waals surface area (Å²) < 4.78 is 7.20. The molecular weight excluding hydrogens is 492 g/mol. The zero-order chi connectivity index (χ0) is 27.7. The third-order valence-electron chi connectivity index (χ3n) is 6.28. The van der Waals surface area contributed by atoms with Crippen LogP contribution in [-0.4, -0.2) is 33.0 Å². The molecule has 1 aromatic heterocycles. The highest BCUT2D eigenvalue weighted by atomic mass is 16.6. The number of ketones is 1. The second-order valence-corrected chi connectivity index (χ2v) is 10.3. The standard InChI is InChI=1S/C31H26N4O4/c1-31(2,3)39-30(38)20-15-14-19-17-25-26(23(19)16-20)27(34-35(25)22-12-8-5-9-13-22)28(36)24(18-32)29(37)33-21-10-6-4-7-11-21/h4-15,17,24H,16H2,1-3H3,(H,33,37). The Bertz CT molecular complexity index is 1720. The first kappa shape index (κ1) is 25.6. The molecule has 2 aromatic carbocycles. The number of ether oxygens (including phenoxy) is 1. The zero-order valence-electron chi connectivity index (χ0n) is 21.8. The number of para-hydroxylation sites is 2. The number of benzene rings is 2. The number of Topliss-reactive ketones (excluding diaryl/α,β-unsaturated/α-hetero) is 1. The van der Waals surface area contributed by atoms with Crippen molar-refractivity contribution in [2.24, 2.45) is 5.92 Å². The number of rotatable bonds is 6. The van der Waals surface area contributed by atoms with Crippen LogP contribution < -0.4 is 15.9 Å². The van der Waals surface area contributed by atoms with Crippen LogP contribution in [0.4, 0.5) is 5.69 Å². The van der Waals surface area contributed by atoms with Crippen molar-refractivity contribution < 1.29 is 19.1 Å². The molecule has 0 radical (unpaired) electrons. The number of fused-ring (bicyclic) bond motifs is 2. The molecule has 8 nitrogen and oxygen atoms in total. The van der Waals surface area contributed by atoms with Crippen molar-refractivity contribution in [1.29, 1.82) is 5.26 Å². The number of amides is 1. The van der Waals surface area contributed by atoms with E-state index in [9.17, 15) is 19.6 Å². The number of aromatic nitrogens is 2. The minimum atomic E-state index is -1.62. The average molecular weight is 519 g/mol. The summed E-state index contributed by atoms with van der Waals surface area (Å²) in [5.41, 5.74) is 2.52. The molecule has 0 saturated heterocycles. The summed E-state index contributed by atoms with van der Waals surface area (Å²) in [4.78, 5) is 39.6. The lowest BCUT2D eigenvalue weighted by Gasteiger charge is -2.22. The van der Waals surface area contributed by atoms with Crippen molar-refractivity contribution in [1.82, 2.24) is 9.78 Å². The van der Waals surface area contributed by atoms with E-state index in [4.69, 9.17) is 4.74 Å². The van der Waals surface area contributed by atoms with Crippen LogP contribution in [0, 0.1) is 17.2 Å². The summed E-state index contributed by atoms with van der Waals surface area (Å²) in [7, 11) is 0. The number of nitriles is 1. The Labute approximate surface area is 225 Å². The lowest BCUT2D eigenvalue weighted by Crippen LogP contribution is -2.34. The number of carbonyl (C=O) groups is 3. The van der Waals surface area contributed by atoms with E-state index in [0.29, 0.717) is 27.5 Å². The molecule has 3 aromatic rings. The molecule has 1 amide bonds. The molecule has 0 aliphatic heterocycles. The lowest BCUT2D eigenvalue weighted by atomic mass is 9.92. The van der Waals surface area contributed by atoms with E-state index in [2.05, 4.69) is 10.4 Å². The zero-order valence-corrected chi connectivity index (χ0v) is 21.8. The van der Waals surface area contributed by atoms with E-state index in [1.54, 1.807) is 61.9 Å². The molecule has 2 aliphatic rings. The molecule has 0 spiro atoms. The molecule has 5 rings (SSSR count). The third-order valence-corrected chi connectivity index (χ3v) is 6.28. The van der Waals surface area contributed by atoms with Crippen molar-refractivity contribution >= 4 is 35.0 Å². The van der Waals surface area contributed by atoms with Gasteiger partial charge in [0.25, 0.3) is 0 Å². The number of nitrogens with zero attached hydrogens (tertiary/aromatic N) is 3. The minimum Gasteiger partial charge on any atom is -0.457 e. The van der Waals surface area contributed by atoms with Gasteiger partial charge in [-0.05, 0) is 62.3 Å². The van der Waals surface area contributed by atoms with Gasteiger partial charge >= 0.3 is 5.97 Å². The minimum absolute atomic E-state index is 0.00343. The third kappa shape index (κ3) is 5.07. The van der Waals surface area contributed by atoms with E-state index in [-0.39, 0.29) is 12.1 Å². The van der Waals surface area contributed by atoms with Crippen LogP contribution in [0.25, 0.3) is 17.3 Å². The Morgan fingerprint density at radius 3 is 2.33 bits per heavy atom. The van der Waals surface area contributed by atoms with Crippen molar-refractivity contribution in [3.8, 4) is 11.8 Å². The van der Waals surface area contributed by atoms with Crippen LogP contribution in [0.2, 0.25) is 0 Å². The van der Waals surface area contributed by atoms with Gasteiger partial charge in [-0.15, -0.1) is 0 Å². The van der Waals surface area contributed by atoms with Crippen LogP contribution in [0.15, 0.2) is 84.0 Å². The molecule has 1 atom stereocenters. The van der Waals surface area contributed by atoms with E-state index in [1.165, 1.54) is 0 Å². The SMILES string of the molecule is CC(C)(C)OC(=O)C1=CC=C2C=c3c(c(C(=O)C(C#N)C(=O)Nc4ccccc4)nn3-c3ccccc3)=C2C1. The summed E-state index contributed by atoms with van der Waals surface area (Å²) >= 11 is 0. The normalized spacial score (nSPS) is 14.6. The van der Waals surface area contributed by atoms with Crippen molar-refractivity contribution in [3.63, 3.8) is 0 Å². The topological polar surface area (TPSA) is 114 Å². The Morgan fingerprint density at radius 2 is 1.69 bits per heavy atom. The Balaban J connectivity index is 1.60. The number of hydrogen-bond donors (Lipinski definition) is 1. The molecule has 0 fully saturated rings. The predicted molar refractivity (Wildman–Crippen MR) is 146 cm³/mol. The fraction of sp³-hybridized carbons (Fsp3) is 0.194. The predicted octanol–water partition coefficient (Wildman–Crippen LogP) is 3.38. The number of nitrogens with one attached hydrogen (secondary N) is 1. The first-order valence-electron chi connectivity index (χ1n) is 12.5. The smallest absolute Gasteiger partial charge is 0.334 e. The van der Waals surface area contributed by atoms with Gasteiger partial charge in [-0.25, -0.2) is 9.48 Å². The number of hydrogen-bond acceptors (Lipinski definition) is 6. The van der Waals surface area contributed by atoms with Gasteiger partial charge in [0.1, 0.15) is 11.3 Å². The number of anilines is 1. The monoisotopic (exact) mass is 518 g/mol. The fourth-order valence-corrected chi connectivity index (χ4v) is 4.55. The van der Waals surface area contributed by atoms with Crippen molar-refractivity contribution in [2.75, 3.05) is 5.32 Å². The van der Waals surface area contributed by atoms with Crippen molar-refractivity contribution in [3.05, 3.63) is 100 Å². The summed E-state index contributed by atoms with van der Waals surface area (Å²) in [6.45, 7) is 5.40. The van der Waals surface area contributed by atoms with Gasteiger partial charge in [0.15, 0.2) is 5.92 Å². The Kier molecular flexibility index (Phi) is 6.59. The molecule has 39 heavy (non-hydrogen) atoms. The highest BCUT2D eigenvalue weighted by Crippen LogP contribution is 2.30. The molecule has 1 N–H and O–H groups in total. The van der Waals surface area contributed by atoms with E-state index in [0.717, 1.165) is 11.1 Å². The molecule has 2 aliphatic carbocycles. The summed E-state index contributed by atoms with van der Waals surface area (Å²) in [6.07, 6.45) is 5.65. The van der Waals surface area contributed by atoms with E-state index in [1.807, 2.05) is 48.6 Å². The quantitative estimate of drug-likeness (QED) is 0.304. The maximum atomic E-state index is 13.8. The van der Waals surface area contributed by atoms with Gasteiger partial charge in [0, 0.05) is 22.9 Å². The van der Waals surface area contributed by atoms with E-state index < -0.39 is 29.2 Å². The Morgan fingerprint density at radius 1 is 1.03 bits per heavy atom. The number of esters is 1. The summed E-state index contributed by atoms with van der Waals surface area (Å²) in [6, 6.07) is 19.8. The molecule has 0 bridgehead atoms. The molecule has 0 saturated carbocycles. The van der Waals surface area contributed by atoms with Crippen LogP contribution in [0.3, 0.4) is 0 Å². The first-order chi connectivity index (χ1) is 18.7. The highest BCUT2D eigenvalue weighted by Gasteiger charge is 2.34. The highest BCUT2D eigenvalue weighted by molar-refractivity contribution is 6.15. The second kappa shape index (κ2) is 10.0. The van der Waals surface area contributed by atoms with Crippen LogP contribution in [0.1, 0.15) is 37.7 Å². The second-order valence-electron chi connectivity index (χ2n) is 10.3. The lowest BCUT2D eigenvalue weighted by molar-refractivity contribution is -0.149. The largest absolute Gasteiger partial charge is 0.457 e. The maximum Gasteiger partial charge on any atom is 0.334 e. The van der Waals surface area contributed by atoms with E-state index >= 15 is 0 Å². The van der Waals surface area contributed by atoms with Gasteiger partial charge in [0.2, 0.25) is 11.7 Å². The Hall–Kier alpha value is -5.03. The molecule has 1 heterocycles. The average Bonchev–Trinajstić information content (AvgIpc) is 3.46. The fourth-order valence-electron chi connectivity index (χ4n) is 4.55. The molecular formula is C31H26N4O4. The van der Waals surface area contributed by atoms with Crippen LogP contribution in [0.5, 0.6) is 0 Å². The van der Waals surface area contributed by atoms with Gasteiger partial charge in [0.05, 0.1) is 17.1 Å². The number of carbonyl (C=O) groups excluding carboxylic acids is 3. The van der Waals surface area contributed by atoms with Gasteiger partial charge in [-0.1, -0.05) is 48.6 Å². The van der Waals surface area contributed by atoms with Gasteiger partial charge < -0.3 is 10.1 Å². The molecule has 8 heteroatoms. The first-order valence-corrected chi connectivity index (χ1v) is 12.5. The number of allylic oxidation sites excluding steroid dienone is 3. The van der Waals surface area contributed by atoms with Crippen molar-refractivity contribution in [2.45, 2.75) is 32.8 Å². The summed E-state index contributed by atoms with van der Waals surface area (Å²) in [5.74, 6) is -3.52. The molecule has 194 valence electrons. The maximum absolute atomic E-state index is 13.8. The summed E-state index contributed by atoms with van der Waals surface area (Å²) in [5, 5.41) is 18.3.